The highest BCUT2D eigenvalue weighted by molar-refractivity contribution is 7.13. The first-order valence-electron chi connectivity index (χ1n) is 3.29. The maximum Gasteiger partial charge on any atom is 0.205 e. The topological polar surface area (TPSA) is 58.0 Å². The number of aliphatic hydroxyl groups is 1. The van der Waals surface area contributed by atoms with E-state index in [0.717, 1.165) is 5.13 Å². The van der Waals surface area contributed by atoms with Crippen LogP contribution in [0.4, 0.5) is 5.13 Å². The zero-order valence-electron chi connectivity index (χ0n) is 6.53. The van der Waals surface area contributed by atoms with Crippen molar-refractivity contribution in [2.45, 2.75) is 19.4 Å². The number of anilines is 1. The summed E-state index contributed by atoms with van der Waals surface area (Å²) in [7, 11) is 0. The number of nitrogens with zero attached hydrogens (tertiary/aromatic N) is 2. The van der Waals surface area contributed by atoms with Crippen LogP contribution in [0.1, 0.15) is 13.8 Å². The Labute approximate surface area is 69.3 Å². The Morgan fingerprint density at radius 3 is 2.91 bits per heavy atom. The van der Waals surface area contributed by atoms with E-state index in [0.29, 0.717) is 0 Å². The van der Waals surface area contributed by atoms with Crippen molar-refractivity contribution < 1.29 is 5.11 Å². The van der Waals surface area contributed by atoms with Crippen LogP contribution in [0.3, 0.4) is 0 Å². The van der Waals surface area contributed by atoms with Crippen LogP contribution in [0.2, 0.25) is 0 Å². The Bertz CT molecular complexity index is 210. The molecule has 0 saturated heterocycles. The standard InChI is InChI=1S/C6H11N3OS/c1-6(2,3-10)8-5-9-7-4-11-5/h4,10H,3H2,1-2H3,(H,8,9). The van der Waals surface area contributed by atoms with Gasteiger partial charge in [0.05, 0.1) is 12.1 Å². The molecule has 11 heavy (non-hydrogen) atoms. The first kappa shape index (κ1) is 8.42. The first-order valence-corrected chi connectivity index (χ1v) is 4.17. The van der Waals surface area contributed by atoms with Crippen molar-refractivity contribution in [3.8, 4) is 0 Å². The van der Waals surface area contributed by atoms with E-state index in [2.05, 4.69) is 15.5 Å². The highest BCUT2D eigenvalue weighted by Gasteiger charge is 2.16. The fraction of sp³-hybridized carbons (Fsp3) is 0.667. The van der Waals surface area contributed by atoms with Crippen LogP contribution in [-0.4, -0.2) is 27.4 Å². The Kier molecular flexibility index (Phi) is 2.41. The lowest BCUT2D eigenvalue weighted by atomic mass is 10.1. The average molecular weight is 173 g/mol. The minimum Gasteiger partial charge on any atom is -0.394 e. The molecule has 1 rings (SSSR count). The molecular weight excluding hydrogens is 162 g/mol. The molecule has 0 aromatic carbocycles. The third kappa shape index (κ3) is 2.44. The van der Waals surface area contributed by atoms with Crippen LogP contribution >= 0.6 is 11.3 Å². The minimum atomic E-state index is -0.320. The summed E-state index contributed by atoms with van der Waals surface area (Å²) < 4.78 is 0. The molecule has 2 N–H and O–H groups in total. The number of hydrogen-bond donors (Lipinski definition) is 2. The molecule has 0 amide bonds. The number of rotatable bonds is 3. The quantitative estimate of drug-likeness (QED) is 0.707. The van der Waals surface area contributed by atoms with Gasteiger partial charge >= 0.3 is 0 Å². The van der Waals surface area contributed by atoms with E-state index < -0.39 is 0 Å². The molecule has 0 aliphatic heterocycles. The van der Waals surface area contributed by atoms with Crippen molar-refractivity contribution >= 4 is 16.5 Å². The average Bonchev–Trinajstić information content (AvgIpc) is 2.39. The fourth-order valence-corrected chi connectivity index (χ4v) is 1.18. The van der Waals surface area contributed by atoms with Gasteiger partial charge in [0.25, 0.3) is 0 Å². The largest absolute Gasteiger partial charge is 0.394 e. The molecule has 0 bridgehead atoms. The molecule has 0 aliphatic rings. The molecule has 1 aromatic heterocycles. The van der Waals surface area contributed by atoms with Gasteiger partial charge in [-0.15, -0.1) is 10.2 Å². The summed E-state index contributed by atoms with van der Waals surface area (Å²) >= 11 is 1.42. The van der Waals surface area contributed by atoms with Gasteiger partial charge in [-0.2, -0.15) is 0 Å². The zero-order chi connectivity index (χ0) is 8.32. The molecule has 4 nitrogen and oxygen atoms in total. The summed E-state index contributed by atoms with van der Waals surface area (Å²) in [5, 5.41) is 20.1. The number of nitrogens with one attached hydrogen (secondary N) is 1. The van der Waals surface area contributed by atoms with Gasteiger partial charge in [-0.05, 0) is 13.8 Å². The third-order valence-electron chi connectivity index (χ3n) is 1.20. The van der Waals surface area contributed by atoms with Gasteiger partial charge < -0.3 is 10.4 Å². The van der Waals surface area contributed by atoms with E-state index in [1.54, 1.807) is 5.51 Å². The molecule has 0 atom stereocenters. The molecule has 1 aromatic rings. The van der Waals surface area contributed by atoms with E-state index in [1.807, 2.05) is 13.8 Å². The lowest BCUT2D eigenvalue weighted by molar-refractivity contribution is 0.234. The van der Waals surface area contributed by atoms with Gasteiger partial charge in [-0.25, -0.2) is 0 Å². The third-order valence-corrected chi connectivity index (χ3v) is 1.81. The second-order valence-electron chi connectivity index (χ2n) is 2.91. The highest BCUT2D eigenvalue weighted by Crippen LogP contribution is 2.14. The normalized spacial score (nSPS) is 11.5. The summed E-state index contributed by atoms with van der Waals surface area (Å²) in [5.41, 5.74) is 1.33. The monoisotopic (exact) mass is 173 g/mol. The van der Waals surface area contributed by atoms with Gasteiger partial charge in [0.1, 0.15) is 5.51 Å². The first-order chi connectivity index (χ1) is 5.14. The van der Waals surface area contributed by atoms with E-state index >= 15 is 0 Å². The molecule has 1 heterocycles. The number of hydrogen-bond acceptors (Lipinski definition) is 5. The molecule has 0 radical (unpaired) electrons. The van der Waals surface area contributed by atoms with Crippen molar-refractivity contribution in [1.82, 2.24) is 10.2 Å². The Hall–Kier alpha value is -0.680. The predicted octanol–water partition coefficient (Wildman–Crippen LogP) is 0.721. The lowest BCUT2D eigenvalue weighted by Gasteiger charge is -2.22. The molecule has 0 aliphatic carbocycles. The van der Waals surface area contributed by atoms with Gasteiger partial charge in [-0.3, -0.25) is 0 Å². The second-order valence-corrected chi connectivity index (χ2v) is 3.74. The molecule has 62 valence electrons. The van der Waals surface area contributed by atoms with Crippen LogP contribution in [0.15, 0.2) is 5.51 Å². The molecule has 0 saturated carbocycles. The van der Waals surface area contributed by atoms with E-state index in [4.69, 9.17) is 5.11 Å². The van der Waals surface area contributed by atoms with Crippen LogP contribution in [0.5, 0.6) is 0 Å². The van der Waals surface area contributed by atoms with Gasteiger partial charge in [0.15, 0.2) is 0 Å². The predicted molar refractivity (Wildman–Crippen MR) is 44.7 cm³/mol. The fourth-order valence-electron chi connectivity index (χ4n) is 0.557. The second kappa shape index (κ2) is 3.15. The van der Waals surface area contributed by atoms with Crippen molar-refractivity contribution in [2.24, 2.45) is 0 Å². The van der Waals surface area contributed by atoms with Gasteiger partial charge in [-0.1, -0.05) is 11.3 Å². The number of aliphatic hydroxyl groups excluding tert-OH is 1. The van der Waals surface area contributed by atoms with Crippen molar-refractivity contribution in [1.29, 1.82) is 0 Å². The lowest BCUT2D eigenvalue weighted by Crippen LogP contribution is -2.34. The molecule has 0 fully saturated rings. The summed E-state index contributed by atoms with van der Waals surface area (Å²) in [5.74, 6) is 0. The minimum absolute atomic E-state index is 0.0760. The zero-order valence-corrected chi connectivity index (χ0v) is 7.35. The SMILES string of the molecule is CC(C)(CO)Nc1nncs1. The maximum absolute atomic E-state index is 8.89. The van der Waals surface area contributed by atoms with Crippen molar-refractivity contribution in [3.63, 3.8) is 0 Å². The van der Waals surface area contributed by atoms with Crippen LogP contribution in [-0.2, 0) is 0 Å². The van der Waals surface area contributed by atoms with Crippen molar-refractivity contribution in [2.75, 3.05) is 11.9 Å². The van der Waals surface area contributed by atoms with Crippen LogP contribution in [0, 0.1) is 0 Å². The summed E-state index contributed by atoms with van der Waals surface area (Å²) in [6.07, 6.45) is 0. The van der Waals surface area contributed by atoms with Gasteiger partial charge in [0.2, 0.25) is 5.13 Å². The molecular formula is C6H11N3OS. The Morgan fingerprint density at radius 2 is 2.45 bits per heavy atom. The summed E-state index contributed by atoms with van der Waals surface area (Å²) in [4.78, 5) is 0. The van der Waals surface area contributed by atoms with Crippen LogP contribution in [0.25, 0.3) is 0 Å². The van der Waals surface area contributed by atoms with E-state index in [1.165, 1.54) is 11.3 Å². The molecule has 5 heteroatoms. The molecule has 0 spiro atoms. The number of aromatic nitrogens is 2. The van der Waals surface area contributed by atoms with Crippen molar-refractivity contribution in [3.05, 3.63) is 5.51 Å². The van der Waals surface area contributed by atoms with Crippen LogP contribution < -0.4 is 5.32 Å². The van der Waals surface area contributed by atoms with E-state index in [-0.39, 0.29) is 12.1 Å². The highest BCUT2D eigenvalue weighted by atomic mass is 32.1. The van der Waals surface area contributed by atoms with Gasteiger partial charge in [0, 0.05) is 0 Å². The summed E-state index contributed by atoms with van der Waals surface area (Å²) in [6.45, 7) is 3.87. The molecule has 0 unspecified atom stereocenters. The van der Waals surface area contributed by atoms with E-state index in [9.17, 15) is 0 Å². The smallest absolute Gasteiger partial charge is 0.205 e. The Morgan fingerprint density at radius 1 is 1.73 bits per heavy atom. The summed E-state index contributed by atoms with van der Waals surface area (Å²) in [6, 6.07) is 0. The maximum atomic E-state index is 8.89. The Balaban J connectivity index is 2.56.